The van der Waals surface area contributed by atoms with Crippen LogP contribution in [0.2, 0.25) is 0 Å². The Labute approximate surface area is 96.7 Å². The Morgan fingerprint density at radius 2 is 1.94 bits per heavy atom. The van der Waals surface area contributed by atoms with Crippen LogP contribution >= 0.6 is 0 Å². The summed E-state index contributed by atoms with van der Waals surface area (Å²) >= 11 is 0. The Balaban J connectivity index is 1.98. The zero-order valence-corrected chi connectivity index (χ0v) is 9.58. The molecule has 0 bridgehead atoms. The number of benzene rings is 1. The van der Waals surface area contributed by atoms with Crippen molar-refractivity contribution in [2.75, 3.05) is 6.54 Å². The number of hydrogen-bond donors (Lipinski definition) is 2. The van der Waals surface area contributed by atoms with Crippen molar-refractivity contribution in [3.8, 4) is 0 Å². The van der Waals surface area contributed by atoms with Gasteiger partial charge in [-0.25, -0.2) is 0 Å². The summed E-state index contributed by atoms with van der Waals surface area (Å²) in [5, 5.41) is 14.2. The van der Waals surface area contributed by atoms with E-state index in [-0.39, 0.29) is 6.04 Å². The Bertz CT molecular complexity index is 382. The molecule has 2 aliphatic rings. The Morgan fingerprint density at radius 1 is 1.19 bits per heavy atom. The van der Waals surface area contributed by atoms with Gasteiger partial charge in [-0.2, -0.15) is 0 Å². The predicted molar refractivity (Wildman–Crippen MR) is 64.3 cm³/mol. The molecule has 0 aromatic heterocycles. The van der Waals surface area contributed by atoms with Crippen LogP contribution < -0.4 is 5.32 Å². The first-order valence-corrected chi connectivity index (χ1v) is 6.33. The number of rotatable bonds is 1. The van der Waals surface area contributed by atoms with Crippen LogP contribution in [0.3, 0.4) is 0 Å². The molecule has 0 spiro atoms. The van der Waals surface area contributed by atoms with E-state index in [1.165, 1.54) is 11.1 Å². The van der Waals surface area contributed by atoms with E-state index in [0.717, 1.165) is 38.6 Å². The Hall–Kier alpha value is -0.860. The summed E-state index contributed by atoms with van der Waals surface area (Å²) in [7, 11) is 0. The maximum absolute atomic E-state index is 10.7. The molecular formula is C14H19NO. The van der Waals surface area contributed by atoms with Gasteiger partial charge in [0.25, 0.3) is 0 Å². The number of aliphatic hydroxyl groups is 1. The van der Waals surface area contributed by atoms with Crippen LogP contribution in [0.4, 0.5) is 0 Å². The van der Waals surface area contributed by atoms with Crippen molar-refractivity contribution in [2.45, 2.75) is 43.7 Å². The Morgan fingerprint density at radius 3 is 2.75 bits per heavy atom. The fourth-order valence-corrected chi connectivity index (χ4v) is 3.26. The third kappa shape index (κ3) is 1.57. The zero-order valence-electron chi connectivity index (χ0n) is 9.58. The largest absolute Gasteiger partial charge is 0.388 e. The van der Waals surface area contributed by atoms with E-state index in [9.17, 15) is 5.11 Å². The van der Waals surface area contributed by atoms with E-state index < -0.39 is 5.60 Å². The molecule has 0 saturated heterocycles. The first-order chi connectivity index (χ1) is 7.80. The lowest BCUT2D eigenvalue weighted by Gasteiger charge is -2.37. The van der Waals surface area contributed by atoms with Crippen LogP contribution in [-0.4, -0.2) is 17.3 Å². The topological polar surface area (TPSA) is 32.3 Å². The van der Waals surface area contributed by atoms with Gasteiger partial charge in [-0.15, -0.1) is 0 Å². The molecule has 0 unspecified atom stereocenters. The van der Waals surface area contributed by atoms with E-state index in [4.69, 9.17) is 0 Å². The highest BCUT2D eigenvalue weighted by molar-refractivity contribution is 5.34. The van der Waals surface area contributed by atoms with Crippen LogP contribution in [0.1, 0.15) is 42.9 Å². The molecule has 1 heterocycles. The van der Waals surface area contributed by atoms with Gasteiger partial charge in [0.1, 0.15) is 0 Å². The molecule has 1 aromatic rings. The third-order valence-electron chi connectivity index (χ3n) is 4.12. The highest BCUT2D eigenvalue weighted by Crippen LogP contribution is 2.41. The van der Waals surface area contributed by atoms with Gasteiger partial charge in [-0.1, -0.05) is 37.1 Å². The fourth-order valence-electron chi connectivity index (χ4n) is 3.26. The maximum Gasteiger partial charge on any atom is 0.0841 e. The molecular weight excluding hydrogens is 198 g/mol. The lowest BCUT2D eigenvalue weighted by atomic mass is 9.82. The summed E-state index contributed by atoms with van der Waals surface area (Å²) < 4.78 is 0. The van der Waals surface area contributed by atoms with E-state index in [1.54, 1.807) is 0 Å². The molecule has 2 nitrogen and oxygen atoms in total. The van der Waals surface area contributed by atoms with Gasteiger partial charge in [-0.05, 0) is 36.9 Å². The van der Waals surface area contributed by atoms with E-state index >= 15 is 0 Å². The van der Waals surface area contributed by atoms with Gasteiger partial charge in [-0.3, -0.25) is 0 Å². The van der Waals surface area contributed by atoms with Crippen molar-refractivity contribution < 1.29 is 5.11 Å². The number of fused-ring (bicyclic) bond motifs is 1. The molecule has 1 fully saturated rings. The minimum Gasteiger partial charge on any atom is -0.388 e. The molecule has 1 aromatic carbocycles. The van der Waals surface area contributed by atoms with Gasteiger partial charge in [0.05, 0.1) is 11.6 Å². The summed E-state index contributed by atoms with van der Waals surface area (Å²) in [6.07, 6.45) is 5.30. The van der Waals surface area contributed by atoms with Crippen molar-refractivity contribution in [3.05, 3.63) is 35.4 Å². The van der Waals surface area contributed by atoms with Crippen molar-refractivity contribution in [2.24, 2.45) is 0 Å². The third-order valence-corrected chi connectivity index (χ3v) is 4.12. The molecule has 1 saturated carbocycles. The fraction of sp³-hybridized carbons (Fsp3) is 0.571. The summed E-state index contributed by atoms with van der Waals surface area (Å²) in [6, 6.07) is 8.70. The van der Waals surface area contributed by atoms with E-state index in [0.29, 0.717) is 0 Å². The lowest BCUT2D eigenvalue weighted by Crippen LogP contribution is -2.45. The standard InChI is InChI=1S/C14H19NO/c16-14(8-3-4-9-14)13-12-6-2-1-5-11(12)7-10-15-13/h1-2,5-6,13,15-16H,3-4,7-10H2/t13-/m0/s1. The van der Waals surface area contributed by atoms with Crippen molar-refractivity contribution >= 4 is 0 Å². The molecule has 0 amide bonds. The van der Waals surface area contributed by atoms with Crippen molar-refractivity contribution in [1.29, 1.82) is 0 Å². The van der Waals surface area contributed by atoms with Gasteiger partial charge in [0, 0.05) is 0 Å². The van der Waals surface area contributed by atoms with Crippen LogP contribution in [0.5, 0.6) is 0 Å². The van der Waals surface area contributed by atoms with E-state index in [1.807, 2.05) is 0 Å². The molecule has 16 heavy (non-hydrogen) atoms. The average molecular weight is 217 g/mol. The number of hydrogen-bond acceptors (Lipinski definition) is 2. The summed E-state index contributed by atoms with van der Waals surface area (Å²) in [4.78, 5) is 0. The minimum atomic E-state index is -0.503. The number of nitrogens with one attached hydrogen (secondary N) is 1. The maximum atomic E-state index is 10.7. The molecule has 1 aliphatic carbocycles. The Kier molecular flexibility index (Phi) is 2.49. The highest BCUT2D eigenvalue weighted by Gasteiger charge is 2.41. The van der Waals surface area contributed by atoms with Crippen LogP contribution in [0, 0.1) is 0 Å². The van der Waals surface area contributed by atoms with Gasteiger partial charge < -0.3 is 10.4 Å². The SMILES string of the molecule is OC1([C@H]2NCCc3ccccc32)CCCC1. The molecule has 1 aliphatic heterocycles. The normalized spacial score (nSPS) is 27.7. The first kappa shape index (κ1) is 10.3. The monoisotopic (exact) mass is 217 g/mol. The average Bonchev–Trinajstić information content (AvgIpc) is 2.77. The quantitative estimate of drug-likeness (QED) is 0.755. The molecule has 1 atom stereocenters. The molecule has 2 heteroatoms. The molecule has 0 radical (unpaired) electrons. The summed E-state index contributed by atoms with van der Waals surface area (Å²) in [5.41, 5.74) is 2.22. The summed E-state index contributed by atoms with van der Waals surface area (Å²) in [5.74, 6) is 0. The van der Waals surface area contributed by atoms with Gasteiger partial charge >= 0.3 is 0 Å². The molecule has 3 rings (SSSR count). The minimum absolute atomic E-state index is 0.153. The van der Waals surface area contributed by atoms with Crippen LogP contribution in [0.25, 0.3) is 0 Å². The molecule has 86 valence electrons. The summed E-state index contributed by atoms with van der Waals surface area (Å²) in [6.45, 7) is 0.990. The highest BCUT2D eigenvalue weighted by atomic mass is 16.3. The van der Waals surface area contributed by atoms with Gasteiger partial charge in [0.15, 0.2) is 0 Å². The van der Waals surface area contributed by atoms with E-state index in [2.05, 4.69) is 29.6 Å². The van der Waals surface area contributed by atoms with Gasteiger partial charge in [0.2, 0.25) is 0 Å². The second kappa shape index (κ2) is 3.86. The zero-order chi connectivity index (χ0) is 11.0. The second-order valence-electron chi connectivity index (χ2n) is 5.15. The predicted octanol–water partition coefficient (Wildman–Crippen LogP) is 2.18. The second-order valence-corrected chi connectivity index (χ2v) is 5.15. The smallest absolute Gasteiger partial charge is 0.0841 e. The molecule has 2 N–H and O–H groups in total. The van der Waals surface area contributed by atoms with Crippen molar-refractivity contribution in [3.63, 3.8) is 0 Å². The van der Waals surface area contributed by atoms with Crippen LogP contribution in [0.15, 0.2) is 24.3 Å². The first-order valence-electron chi connectivity index (χ1n) is 6.33. The lowest BCUT2D eigenvalue weighted by molar-refractivity contribution is 0.00490. The van der Waals surface area contributed by atoms with Crippen molar-refractivity contribution in [1.82, 2.24) is 5.32 Å². The van der Waals surface area contributed by atoms with Crippen LogP contribution in [-0.2, 0) is 6.42 Å².